The van der Waals surface area contributed by atoms with Crippen molar-refractivity contribution in [3.8, 4) is 5.75 Å². The van der Waals surface area contributed by atoms with Crippen LogP contribution in [-0.2, 0) is 20.8 Å². The van der Waals surface area contributed by atoms with Gasteiger partial charge in [-0.1, -0.05) is 18.2 Å². The normalized spacial score (nSPS) is 20.2. The van der Waals surface area contributed by atoms with E-state index in [0.717, 1.165) is 56.2 Å². The van der Waals surface area contributed by atoms with E-state index in [1.807, 2.05) is 19.9 Å². The lowest BCUT2D eigenvalue weighted by atomic mass is 10.0. The topological polar surface area (TPSA) is 137 Å². The van der Waals surface area contributed by atoms with E-state index in [4.69, 9.17) is 24.5 Å². The number of fused-ring (bicyclic) bond motifs is 1. The van der Waals surface area contributed by atoms with Crippen molar-refractivity contribution in [2.75, 3.05) is 19.6 Å². The number of para-hydroxylation sites is 1. The molecule has 0 radical (unpaired) electrons. The van der Waals surface area contributed by atoms with Crippen molar-refractivity contribution in [2.45, 2.75) is 57.6 Å². The van der Waals surface area contributed by atoms with Gasteiger partial charge in [-0.15, -0.1) is 0 Å². The zero-order chi connectivity index (χ0) is 23.6. The number of unbranched alkanes of at least 4 members (excludes halogenated alkanes) is 1. The minimum absolute atomic E-state index is 0.179. The molecule has 3 rings (SSSR count). The van der Waals surface area contributed by atoms with Crippen LogP contribution < -0.4 is 15.4 Å². The number of amidine groups is 1. The molecule has 0 aliphatic carbocycles. The maximum absolute atomic E-state index is 11.7. The maximum atomic E-state index is 11.7. The molecule has 1 aromatic rings. The summed E-state index contributed by atoms with van der Waals surface area (Å²) in [5.41, 5.74) is 1.14. The Hall–Kier alpha value is -2.59. The fourth-order valence-corrected chi connectivity index (χ4v) is 4.40. The van der Waals surface area contributed by atoms with Crippen LogP contribution in [0.4, 0.5) is 0 Å². The first-order valence-corrected chi connectivity index (χ1v) is 11.4. The van der Waals surface area contributed by atoms with Gasteiger partial charge < -0.3 is 25.6 Å². The standard InChI is InChI=1S/C20H29N3O2S.C2H2O4/c1-20(2)13-18(24)26-19(23-20)22-12-6-5-11-21-14-16-10-9-15-7-3-4-8-17(15)25-16;3-1(4)2(5)6/h3-4,7-8,16,21H,5-6,9-14H2,1-2H3,(H,22,23);(H,3,4)(H,5,6). The van der Waals surface area contributed by atoms with Crippen molar-refractivity contribution in [3.63, 3.8) is 0 Å². The monoisotopic (exact) mass is 465 g/mol. The van der Waals surface area contributed by atoms with Gasteiger partial charge in [0.15, 0.2) is 10.3 Å². The number of carboxylic acids is 2. The highest BCUT2D eigenvalue weighted by molar-refractivity contribution is 8.26. The number of carboxylic acid groups (broad SMARTS) is 2. The van der Waals surface area contributed by atoms with E-state index < -0.39 is 11.9 Å². The van der Waals surface area contributed by atoms with Crippen LogP contribution in [0.3, 0.4) is 0 Å². The Bertz CT molecular complexity index is 831. The molecule has 4 N–H and O–H groups in total. The molecule has 9 nitrogen and oxygen atoms in total. The number of benzene rings is 1. The lowest BCUT2D eigenvalue weighted by molar-refractivity contribution is -0.159. The lowest BCUT2D eigenvalue weighted by Gasteiger charge is -2.31. The molecule has 0 aromatic heterocycles. The van der Waals surface area contributed by atoms with Crippen molar-refractivity contribution in [3.05, 3.63) is 29.8 Å². The third-order valence-electron chi connectivity index (χ3n) is 4.82. The van der Waals surface area contributed by atoms with Crippen LogP contribution in [-0.4, -0.2) is 63.7 Å². The summed E-state index contributed by atoms with van der Waals surface area (Å²) in [6.07, 6.45) is 5.07. The van der Waals surface area contributed by atoms with Gasteiger partial charge in [0.05, 0.1) is 0 Å². The van der Waals surface area contributed by atoms with E-state index in [9.17, 15) is 4.79 Å². The Kier molecular flexibility index (Phi) is 9.98. The van der Waals surface area contributed by atoms with Crippen LogP contribution >= 0.6 is 11.8 Å². The predicted octanol–water partition coefficient (Wildman–Crippen LogP) is 2.29. The second kappa shape index (κ2) is 12.4. The zero-order valence-corrected chi connectivity index (χ0v) is 19.2. The van der Waals surface area contributed by atoms with Crippen LogP contribution in [0, 0.1) is 0 Å². The summed E-state index contributed by atoms with van der Waals surface area (Å²) in [5.74, 6) is -2.61. The van der Waals surface area contributed by atoms with Crippen molar-refractivity contribution in [2.24, 2.45) is 4.99 Å². The number of carbonyl (C=O) groups is 3. The van der Waals surface area contributed by atoms with E-state index >= 15 is 0 Å². The number of carbonyl (C=O) groups excluding carboxylic acids is 1. The number of thioether (sulfide) groups is 1. The highest BCUT2D eigenvalue weighted by Crippen LogP contribution is 2.26. The van der Waals surface area contributed by atoms with Gasteiger partial charge in [-0.05, 0) is 69.5 Å². The molecule has 1 fully saturated rings. The Morgan fingerprint density at radius 2 is 1.97 bits per heavy atom. The average Bonchev–Trinajstić information content (AvgIpc) is 2.72. The second-order valence-electron chi connectivity index (χ2n) is 8.25. The van der Waals surface area contributed by atoms with Crippen molar-refractivity contribution in [1.29, 1.82) is 0 Å². The maximum Gasteiger partial charge on any atom is 0.414 e. The molecule has 2 heterocycles. The SMILES string of the molecule is CC1(C)CC(=O)SC(=NCCCCNCC2CCc3ccccc3O2)N1.O=C(O)C(=O)O. The highest BCUT2D eigenvalue weighted by atomic mass is 32.2. The number of aliphatic imine (C=N–C) groups is 1. The summed E-state index contributed by atoms with van der Waals surface area (Å²) in [5, 5.41) is 22.6. The molecular weight excluding hydrogens is 434 g/mol. The van der Waals surface area contributed by atoms with Gasteiger partial charge in [-0.25, -0.2) is 9.59 Å². The Morgan fingerprint density at radius 1 is 1.25 bits per heavy atom. The minimum Gasteiger partial charge on any atom is -0.489 e. The van der Waals surface area contributed by atoms with Gasteiger partial charge in [-0.3, -0.25) is 9.79 Å². The summed E-state index contributed by atoms with van der Waals surface area (Å²) < 4.78 is 6.04. The van der Waals surface area contributed by atoms with Crippen LogP contribution in [0.1, 0.15) is 45.1 Å². The van der Waals surface area contributed by atoms with Crippen LogP contribution in [0.5, 0.6) is 5.75 Å². The Labute approximate surface area is 192 Å². The van der Waals surface area contributed by atoms with Crippen molar-refractivity contribution >= 4 is 34.0 Å². The summed E-state index contributed by atoms with van der Waals surface area (Å²) in [7, 11) is 0. The third-order valence-corrected chi connectivity index (χ3v) is 5.61. The van der Waals surface area contributed by atoms with E-state index in [1.165, 1.54) is 17.3 Å². The number of rotatable bonds is 7. The van der Waals surface area contributed by atoms with Crippen LogP contribution in [0.2, 0.25) is 0 Å². The number of hydrogen-bond donors (Lipinski definition) is 4. The van der Waals surface area contributed by atoms with Gasteiger partial charge >= 0.3 is 11.9 Å². The molecule has 0 amide bonds. The Morgan fingerprint density at radius 3 is 2.66 bits per heavy atom. The third kappa shape index (κ3) is 9.27. The first-order chi connectivity index (χ1) is 15.2. The predicted molar refractivity (Wildman–Crippen MR) is 123 cm³/mol. The molecule has 1 atom stereocenters. The molecular formula is C22H31N3O6S. The van der Waals surface area contributed by atoms with Gasteiger partial charge in [0.2, 0.25) is 0 Å². The van der Waals surface area contributed by atoms with Gasteiger partial charge in [0.25, 0.3) is 0 Å². The lowest BCUT2D eigenvalue weighted by Crippen LogP contribution is -2.47. The number of nitrogens with zero attached hydrogens (tertiary/aromatic N) is 1. The smallest absolute Gasteiger partial charge is 0.414 e. The quantitative estimate of drug-likeness (QED) is 0.353. The van der Waals surface area contributed by atoms with E-state index in [0.29, 0.717) is 6.42 Å². The van der Waals surface area contributed by atoms with Crippen molar-refractivity contribution < 1.29 is 29.3 Å². The minimum atomic E-state index is -1.82. The summed E-state index contributed by atoms with van der Waals surface area (Å²) in [4.78, 5) is 34.4. The van der Waals surface area contributed by atoms with Crippen molar-refractivity contribution in [1.82, 2.24) is 10.6 Å². The molecule has 0 bridgehead atoms. The average molecular weight is 466 g/mol. The summed E-state index contributed by atoms with van der Waals surface area (Å²) >= 11 is 1.24. The molecule has 10 heteroatoms. The Balaban J connectivity index is 0.000000534. The fraction of sp³-hybridized carbons (Fsp3) is 0.545. The number of nitrogens with one attached hydrogen (secondary N) is 2. The highest BCUT2D eigenvalue weighted by Gasteiger charge is 2.30. The first kappa shape index (κ1) is 25.7. The fourth-order valence-electron chi connectivity index (χ4n) is 3.27. The van der Waals surface area contributed by atoms with E-state index in [2.05, 4.69) is 33.8 Å². The summed E-state index contributed by atoms with van der Waals surface area (Å²) in [6.45, 7) is 6.69. The molecule has 1 saturated heterocycles. The van der Waals surface area contributed by atoms with Crippen LogP contribution in [0.25, 0.3) is 0 Å². The van der Waals surface area contributed by atoms with E-state index in [1.54, 1.807) is 0 Å². The van der Waals surface area contributed by atoms with Gasteiger partial charge in [0, 0.05) is 25.0 Å². The summed E-state index contributed by atoms with van der Waals surface area (Å²) in [6, 6.07) is 8.31. The van der Waals surface area contributed by atoms with Gasteiger partial charge in [-0.2, -0.15) is 0 Å². The molecule has 176 valence electrons. The largest absolute Gasteiger partial charge is 0.489 e. The number of hydrogen-bond acceptors (Lipinski definition) is 7. The molecule has 0 saturated carbocycles. The number of ether oxygens (including phenoxy) is 1. The molecule has 2 aliphatic rings. The molecule has 32 heavy (non-hydrogen) atoms. The molecule has 1 aromatic carbocycles. The molecule has 0 spiro atoms. The van der Waals surface area contributed by atoms with Gasteiger partial charge in [0.1, 0.15) is 11.9 Å². The molecule has 1 unspecified atom stereocenters. The van der Waals surface area contributed by atoms with E-state index in [-0.39, 0.29) is 16.8 Å². The molecule has 2 aliphatic heterocycles. The first-order valence-electron chi connectivity index (χ1n) is 10.6. The number of aliphatic carboxylic acids is 2. The van der Waals surface area contributed by atoms with Crippen LogP contribution in [0.15, 0.2) is 29.3 Å². The zero-order valence-electron chi connectivity index (χ0n) is 18.4. The number of aryl methyl sites for hydroxylation is 1. The second-order valence-corrected chi connectivity index (χ2v) is 9.30.